The third-order valence-corrected chi connectivity index (χ3v) is 6.41. The van der Waals surface area contributed by atoms with Crippen LogP contribution in [0.25, 0.3) is 0 Å². The summed E-state index contributed by atoms with van der Waals surface area (Å²) in [4.78, 5) is 40.2. The van der Waals surface area contributed by atoms with Gasteiger partial charge in [0.15, 0.2) is 0 Å². The molecule has 0 aromatic heterocycles. The zero-order valence-corrected chi connectivity index (χ0v) is 21.5. The summed E-state index contributed by atoms with van der Waals surface area (Å²) in [6.07, 6.45) is -4.66. The quantitative estimate of drug-likeness (QED) is 0.181. The predicted molar refractivity (Wildman–Crippen MR) is 134 cm³/mol. The fraction of sp³-hybridized carbons (Fsp3) is 0.370. The number of non-ortho nitro benzene ring substituents is 1. The summed E-state index contributed by atoms with van der Waals surface area (Å²) in [5, 5.41) is 11.4. The number of nitrogens with zero attached hydrogens (tertiary/aromatic N) is 2. The first-order chi connectivity index (χ1) is 19.0. The molecule has 10 nitrogen and oxygen atoms in total. The molecule has 0 bridgehead atoms. The number of alkyl halides is 3. The molecule has 0 aliphatic carbocycles. The molecule has 2 aliphatic heterocycles. The van der Waals surface area contributed by atoms with Gasteiger partial charge in [0.2, 0.25) is 0 Å². The average Bonchev–Trinajstić information content (AvgIpc) is 3.75. The largest absolute Gasteiger partial charge is 0.491 e. The van der Waals surface area contributed by atoms with Crippen LogP contribution in [0.1, 0.15) is 24.0 Å². The van der Waals surface area contributed by atoms with E-state index >= 15 is 0 Å². The van der Waals surface area contributed by atoms with E-state index in [2.05, 4.69) is 9.73 Å². The van der Waals surface area contributed by atoms with Gasteiger partial charge in [-0.1, -0.05) is 24.3 Å². The Kier molecular flexibility index (Phi) is 8.52. The third kappa shape index (κ3) is 6.65. The highest BCUT2D eigenvalue weighted by Crippen LogP contribution is 2.44. The lowest BCUT2D eigenvalue weighted by molar-refractivity contribution is -0.384. The highest BCUT2D eigenvalue weighted by atomic mass is 19.4. The number of epoxide rings is 1. The number of nitro benzene ring substituents is 1. The second-order valence-corrected chi connectivity index (χ2v) is 9.12. The van der Waals surface area contributed by atoms with Gasteiger partial charge in [-0.3, -0.25) is 19.9 Å². The lowest BCUT2D eigenvalue weighted by Gasteiger charge is -2.32. The maximum absolute atomic E-state index is 14.0. The SMILES string of the molecule is COC(=O)C1C(C(F)(F)F)=NC(C)=C(C(=O)OCCc2ccc(OCC3CO3)cc2)C1c1cccc([N+](=O)[O-])c1. The second-order valence-electron chi connectivity index (χ2n) is 9.12. The first-order valence-corrected chi connectivity index (χ1v) is 12.2. The number of halogens is 3. The summed E-state index contributed by atoms with van der Waals surface area (Å²) < 4.78 is 62.7. The van der Waals surface area contributed by atoms with Crippen LogP contribution in [0.15, 0.2) is 64.8 Å². The Balaban J connectivity index is 1.60. The summed E-state index contributed by atoms with van der Waals surface area (Å²) in [6.45, 7) is 2.17. The molecular formula is C27H25F3N2O8. The molecule has 3 unspecified atom stereocenters. The molecule has 1 saturated heterocycles. The number of ether oxygens (including phenoxy) is 4. The van der Waals surface area contributed by atoms with Gasteiger partial charge in [-0.25, -0.2) is 4.79 Å². The van der Waals surface area contributed by atoms with Gasteiger partial charge in [-0.15, -0.1) is 0 Å². The van der Waals surface area contributed by atoms with Gasteiger partial charge in [0.05, 0.1) is 30.8 Å². The highest BCUT2D eigenvalue weighted by molar-refractivity contribution is 6.10. The van der Waals surface area contributed by atoms with Crippen LogP contribution in [0, 0.1) is 16.0 Å². The Labute approximate surface area is 226 Å². The summed E-state index contributed by atoms with van der Waals surface area (Å²) in [5.41, 5.74) is -1.82. The van der Waals surface area contributed by atoms with Gasteiger partial charge < -0.3 is 18.9 Å². The smallest absolute Gasteiger partial charge is 0.430 e. The number of esters is 2. The number of benzene rings is 2. The van der Waals surface area contributed by atoms with Crippen molar-refractivity contribution in [2.45, 2.75) is 31.5 Å². The van der Waals surface area contributed by atoms with E-state index in [9.17, 15) is 32.9 Å². The minimum absolute atomic E-state index is 0.0697. The number of rotatable bonds is 10. The van der Waals surface area contributed by atoms with E-state index in [1.54, 1.807) is 24.3 Å². The minimum Gasteiger partial charge on any atom is -0.491 e. The molecule has 2 heterocycles. The Morgan fingerprint density at radius 3 is 2.48 bits per heavy atom. The monoisotopic (exact) mass is 562 g/mol. The molecule has 0 saturated carbocycles. The van der Waals surface area contributed by atoms with Crippen molar-refractivity contribution in [1.82, 2.24) is 0 Å². The zero-order chi connectivity index (χ0) is 29.0. The average molecular weight is 562 g/mol. The van der Waals surface area contributed by atoms with Gasteiger partial charge in [0, 0.05) is 30.2 Å². The van der Waals surface area contributed by atoms with Crippen LogP contribution in [-0.2, 0) is 30.2 Å². The van der Waals surface area contributed by atoms with E-state index < -0.39 is 46.3 Å². The first-order valence-electron chi connectivity index (χ1n) is 12.2. The second kappa shape index (κ2) is 11.9. The number of hydrogen-bond acceptors (Lipinski definition) is 9. The fourth-order valence-electron chi connectivity index (χ4n) is 4.39. The number of allylic oxidation sites excluding steroid dienone is 1. The topological polar surface area (TPSA) is 130 Å². The highest BCUT2D eigenvalue weighted by Gasteiger charge is 2.52. The van der Waals surface area contributed by atoms with Crippen LogP contribution in [0.3, 0.4) is 0 Å². The maximum Gasteiger partial charge on any atom is 0.430 e. The van der Waals surface area contributed by atoms with Crippen LogP contribution in [0.2, 0.25) is 0 Å². The number of methoxy groups -OCH3 is 1. The van der Waals surface area contributed by atoms with Crippen molar-refractivity contribution in [3.63, 3.8) is 0 Å². The summed E-state index contributed by atoms with van der Waals surface area (Å²) in [7, 11) is 0.903. The van der Waals surface area contributed by atoms with Crippen LogP contribution < -0.4 is 4.74 Å². The Morgan fingerprint density at radius 1 is 1.18 bits per heavy atom. The van der Waals surface area contributed by atoms with Crippen molar-refractivity contribution in [2.75, 3.05) is 26.9 Å². The molecule has 0 spiro atoms. The van der Waals surface area contributed by atoms with Crippen molar-refractivity contribution < 1.29 is 46.6 Å². The van der Waals surface area contributed by atoms with Crippen LogP contribution in [0.5, 0.6) is 5.75 Å². The van der Waals surface area contributed by atoms with Gasteiger partial charge in [-0.2, -0.15) is 13.2 Å². The van der Waals surface area contributed by atoms with Crippen molar-refractivity contribution in [2.24, 2.45) is 10.9 Å². The van der Waals surface area contributed by atoms with Gasteiger partial charge in [-0.05, 0) is 30.2 Å². The molecule has 1 fully saturated rings. The van der Waals surface area contributed by atoms with E-state index in [0.29, 0.717) is 19.0 Å². The minimum atomic E-state index is -5.05. The standard InChI is InChI=1S/C27H25F3N2O8/c1-15-21(26(34)38-11-10-16-6-8-19(9-7-16)39-13-20-14-40-20)22(17-4-3-5-18(12-17)32(35)36)23(25(33)37-2)24(31-15)27(28,29)30/h3-9,12,20,22-23H,10-11,13-14H2,1-2H3. The van der Waals surface area contributed by atoms with E-state index in [4.69, 9.17) is 14.2 Å². The van der Waals surface area contributed by atoms with Crippen molar-refractivity contribution in [1.29, 1.82) is 0 Å². The lowest BCUT2D eigenvalue weighted by Crippen LogP contribution is -2.43. The van der Waals surface area contributed by atoms with E-state index in [0.717, 1.165) is 24.8 Å². The Hall–Kier alpha value is -4.26. The van der Waals surface area contributed by atoms with E-state index in [1.807, 2.05) is 0 Å². The molecule has 40 heavy (non-hydrogen) atoms. The number of aliphatic imine (C=N–C) groups is 1. The third-order valence-electron chi connectivity index (χ3n) is 6.41. The van der Waals surface area contributed by atoms with Gasteiger partial charge >= 0.3 is 18.1 Å². The van der Waals surface area contributed by atoms with Crippen LogP contribution in [-0.4, -0.2) is 61.8 Å². The van der Waals surface area contributed by atoms with Gasteiger partial charge in [0.1, 0.15) is 30.1 Å². The van der Waals surface area contributed by atoms with Crippen LogP contribution in [0.4, 0.5) is 18.9 Å². The molecule has 0 N–H and O–H groups in total. The normalized spacial score (nSPS) is 20.4. The van der Waals surface area contributed by atoms with Gasteiger partial charge in [0.25, 0.3) is 5.69 Å². The van der Waals surface area contributed by atoms with E-state index in [-0.39, 0.29) is 36.0 Å². The molecule has 0 radical (unpaired) electrons. The maximum atomic E-state index is 14.0. The van der Waals surface area contributed by atoms with Crippen molar-refractivity contribution in [3.05, 3.63) is 81.0 Å². The predicted octanol–water partition coefficient (Wildman–Crippen LogP) is 4.32. The molecule has 2 aromatic carbocycles. The summed E-state index contributed by atoms with van der Waals surface area (Å²) in [6, 6.07) is 11.8. The number of carbonyl (C=O) groups excluding carboxylic acids is 2. The molecule has 3 atom stereocenters. The first kappa shape index (κ1) is 28.7. The number of nitro groups is 1. The van der Waals surface area contributed by atoms with Crippen molar-refractivity contribution in [3.8, 4) is 5.75 Å². The number of hydrogen-bond donors (Lipinski definition) is 0. The zero-order valence-electron chi connectivity index (χ0n) is 21.5. The molecular weight excluding hydrogens is 537 g/mol. The van der Waals surface area contributed by atoms with Crippen molar-refractivity contribution >= 4 is 23.3 Å². The molecule has 13 heteroatoms. The molecule has 2 aliphatic rings. The molecule has 4 rings (SSSR count). The van der Waals surface area contributed by atoms with E-state index in [1.165, 1.54) is 19.1 Å². The fourth-order valence-corrected chi connectivity index (χ4v) is 4.39. The Bertz CT molecular complexity index is 1350. The molecule has 2 aromatic rings. The lowest BCUT2D eigenvalue weighted by atomic mass is 9.75. The number of carbonyl (C=O) groups is 2. The molecule has 212 valence electrons. The van der Waals surface area contributed by atoms with Crippen LogP contribution >= 0.6 is 0 Å². The summed E-state index contributed by atoms with van der Waals surface area (Å²) in [5.74, 6) is -5.35. The summed E-state index contributed by atoms with van der Waals surface area (Å²) >= 11 is 0. The molecule has 0 amide bonds. The Morgan fingerprint density at radius 2 is 1.88 bits per heavy atom.